The van der Waals surface area contributed by atoms with Gasteiger partial charge in [0.2, 0.25) is 5.91 Å². The second-order valence-corrected chi connectivity index (χ2v) is 4.36. The molecule has 18 heavy (non-hydrogen) atoms. The summed E-state index contributed by atoms with van der Waals surface area (Å²) in [6.45, 7) is 7.00. The molecule has 0 spiro atoms. The fourth-order valence-electron chi connectivity index (χ4n) is 1.14. The van der Waals surface area contributed by atoms with Crippen molar-refractivity contribution < 1.29 is 19.1 Å². The zero-order chi connectivity index (χ0) is 14.0. The second-order valence-electron chi connectivity index (χ2n) is 4.36. The van der Waals surface area contributed by atoms with Gasteiger partial charge in [0.15, 0.2) is 0 Å². The maximum Gasteiger partial charge on any atom is 0.310 e. The molecule has 106 valence electrons. The Balaban J connectivity index is 3.67. The topological polar surface area (TPSA) is 76.7 Å². The van der Waals surface area contributed by atoms with E-state index in [4.69, 9.17) is 9.47 Å². The average Bonchev–Trinajstić information content (AvgIpc) is 2.30. The lowest BCUT2D eigenvalue weighted by atomic mass is 10.2. The summed E-state index contributed by atoms with van der Waals surface area (Å²) >= 11 is 0. The van der Waals surface area contributed by atoms with Crippen molar-refractivity contribution in [3.8, 4) is 0 Å². The smallest absolute Gasteiger partial charge is 0.310 e. The minimum absolute atomic E-state index is 0.133. The summed E-state index contributed by atoms with van der Waals surface area (Å²) in [5, 5.41) is 5.59. The van der Waals surface area contributed by atoms with Crippen LogP contribution in [-0.4, -0.2) is 51.3 Å². The van der Waals surface area contributed by atoms with E-state index in [1.54, 1.807) is 27.9 Å². The summed E-state index contributed by atoms with van der Waals surface area (Å²) in [5.74, 6) is -0.775. The molecule has 1 atom stereocenters. The number of methoxy groups -OCH3 is 1. The summed E-state index contributed by atoms with van der Waals surface area (Å²) in [6, 6.07) is 0. The molecule has 0 aliphatic rings. The Morgan fingerprint density at radius 2 is 1.89 bits per heavy atom. The van der Waals surface area contributed by atoms with Crippen molar-refractivity contribution in [2.75, 3.05) is 33.4 Å². The Labute approximate surface area is 108 Å². The Hall–Kier alpha value is -1.14. The molecule has 0 aromatic carbocycles. The first kappa shape index (κ1) is 16.9. The lowest BCUT2D eigenvalue weighted by molar-refractivity contribution is -0.151. The third-order valence-corrected chi connectivity index (χ3v) is 2.13. The summed E-state index contributed by atoms with van der Waals surface area (Å²) in [6.07, 6.45) is -0.133. The van der Waals surface area contributed by atoms with Gasteiger partial charge in [0, 0.05) is 20.2 Å². The zero-order valence-corrected chi connectivity index (χ0v) is 11.6. The summed E-state index contributed by atoms with van der Waals surface area (Å²) < 4.78 is 9.87. The lowest BCUT2D eigenvalue weighted by Gasteiger charge is -2.14. The van der Waals surface area contributed by atoms with E-state index in [1.165, 1.54) is 0 Å². The number of hydrogen-bond acceptors (Lipinski definition) is 5. The van der Waals surface area contributed by atoms with Gasteiger partial charge in [-0.15, -0.1) is 0 Å². The van der Waals surface area contributed by atoms with Crippen molar-refractivity contribution in [2.45, 2.75) is 26.9 Å². The minimum Gasteiger partial charge on any atom is -0.463 e. The molecule has 0 heterocycles. The highest BCUT2D eigenvalue weighted by atomic mass is 16.5. The van der Waals surface area contributed by atoms with Gasteiger partial charge in [0.1, 0.15) is 0 Å². The standard InChI is InChI=1S/C12H24N2O4/c1-9(2)18-12(16)10(3)7-14-11(15)8-13-5-6-17-4/h9-10,13H,5-8H2,1-4H3,(H,14,15). The van der Waals surface area contributed by atoms with Crippen LogP contribution in [0.2, 0.25) is 0 Å². The van der Waals surface area contributed by atoms with Gasteiger partial charge in [0.05, 0.1) is 25.2 Å². The molecule has 0 saturated carbocycles. The molecule has 0 fully saturated rings. The maximum atomic E-state index is 11.5. The molecular weight excluding hydrogens is 236 g/mol. The zero-order valence-electron chi connectivity index (χ0n) is 11.6. The van der Waals surface area contributed by atoms with Gasteiger partial charge >= 0.3 is 5.97 Å². The molecule has 0 radical (unpaired) electrons. The third-order valence-electron chi connectivity index (χ3n) is 2.13. The fourth-order valence-corrected chi connectivity index (χ4v) is 1.14. The summed E-state index contributed by atoms with van der Waals surface area (Å²) in [7, 11) is 1.60. The van der Waals surface area contributed by atoms with Crippen molar-refractivity contribution >= 4 is 11.9 Å². The van der Waals surface area contributed by atoms with Gasteiger partial charge in [-0.1, -0.05) is 6.92 Å². The van der Waals surface area contributed by atoms with Crippen LogP contribution in [0, 0.1) is 5.92 Å². The Morgan fingerprint density at radius 3 is 2.44 bits per heavy atom. The Kier molecular flexibility index (Phi) is 9.22. The monoisotopic (exact) mass is 260 g/mol. The molecule has 0 aliphatic heterocycles. The van der Waals surface area contributed by atoms with E-state index in [0.717, 1.165) is 0 Å². The van der Waals surface area contributed by atoms with Crippen molar-refractivity contribution in [3.63, 3.8) is 0 Å². The van der Waals surface area contributed by atoms with Crippen LogP contribution in [0.3, 0.4) is 0 Å². The quantitative estimate of drug-likeness (QED) is 0.448. The number of hydrogen-bond donors (Lipinski definition) is 2. The SMILES string of the molecule is COCCNCC(=O)NCC(C)C(=O)OC(C)C. The van der Waals surface area contributed by atoms with E-state index in [0.29, 0.717) is 13.2 Å². The normalized spacial score (nSPS) is 12.3. The predicted molar refractivity (Wildman–Crippen MR) is 68.1 cm³/mol. The van der Waals surface area contributed by atoms with Gasteiger partial charge in [-0.3, -0.25) is 9.59 Å². The number of carbonyl (C=O) groups excluding carboxylic acids is 2. The van der Waals surface area contributed by atoms with E-state index >= 15 is 0 Å². The predicted octanol–water partition coefficient (Wildman–Crippen LogP) is -0.0737. The van der Waals surface area contributed by atoms with Crippen molar-refractivity contribution in [1.29, 1.82) is 0 Å². The van der Waals surface area contributed by atoms with Crippen molar-refractivity contribution in [1.82, 2.24) is 10.6 Å². The van der Waals surface area contributed by atoms with E-state index < -0.39 is 0 Å². The van der Waals surface area contributed by atoms with Gasteiger partial charge in [-0.05, 0) is 13.8 Å². The van der Waals surface area contributed by atoms with Crippen LogP contribution in [0.25, 0.3) is 0 Å². The van der Waals surface area contributed by atoms with Gasteiger partial charge < -0.3 is 20.1 Å². The van der Waals surface area contributed by atoms with Crippen LogP contribution in [0.15, 0.2) is 0 Å². The molecule has 0 bridgehead atoms. The van der Waals surface area contributed by atoms with Crippen molar-refractivity contribution in [3.05, 3.63) is 0 Å². The minimum atomic E-state index is -0.338. The molecule has 0 aromatic heterocycles. The fraction of sp³-hybridized carbons (Fsp3) is 0.833. The Bertz CT molecular complexity index is 256. The molecule has 6 heteroatoms. The molecule has 0 aromatic rings. The highest BCUT2D eigenvalue weighted by Crippen LogP contribution is 2.00. The molecule has 0 saturated heterocycles. The number of esters is 1. The van der Waals surface area contributed by atoms with Crippen LogP contribution < -0.4 is 10.6 Å². The van der Waals surface area contributed by atoms with E-state index in [9.17, 15) is 9.59 Å². The van der Waals surface area contributed by atoms with Crippen molar-refractivity contribution in [2.24, 2.45) is 5.92 Å². The highest BCUT2D eigenvalue weighted by Gasteiger charge is 2.16. The number of carbonyl (C=O) groups is 2. The van der Waals surface area contributed by atoms with Crippen LogP contribution >= 0.6 is 0 Å². The molecule has 0 aliphatic carbocycles. The van der Waals surface area contributed by atoms with Crippen LogP contribution in [-0.2, 0) is 19.1 Å². The second kappa shape index (κ2) is 9.85. The van der Waals surface area contributed by atoms with Crippen LogP contribution in [0.1, 0.15) is 20.8 Å². The summed E-state index contributed by atoms with van der Waals surface area (Å²) in [5.41, 5.74) is 0. The first-order valence-corrected chi connectivity index (χ1v) is 6.14. The number of nitrogens with one attached hydrogen (secondary N) is 2. The first-order valence-electron chi connectivity index (χ1n) is 6.14. The third kappa shape index (κ3) is 8.95. The van der Waals surface area contributed by atoms with Gasteiger partial charge in [0.25, 0.3) is 0 Å². The summed E-state index contributed by atoms with van der Waals surface area (Å²) in [4.78, 5) is 22.8. The molecule has 0 rings (SSSR count). The van der Waals surface area contributed by atoms with Crippen LogP contribution in [0.5, 0.6) is 0 Å². The average molecular weight is 260 g/mol. The molecule has 6 nitrogen and oxygen atoms in total. The molecule has 1 unspecified atom stereocenters. The van der Waals surface area contributed by atoms with E-state index in [2.05, 4.69) is 10.6 Å². The van der Waals surface area contributed by atoms with E-state index in [1.807, 2.05) is 0 Å². The number of rotatable bonds is 9. The van der Waals surface area contributed by atoms with E-state index in [-0.39, 0.29) is 37.0 Å². The Morgan fingerprint density at radius 1 is 1.22 bits per heavy atom. The van der Waals surface area contributed by atoms with Gasteiger partial charge in [-0.2, -0.15) is 0 Å². The molecule has 2 N–H and O–H groups in total. The van der Waals surface area contributed by atoms with Gasteiger partial charge in [-0.25, -0.2) is 0 Å². The maximum absolute atomic E-state index is 11.5. The number of ether oxygens (including phenoxy) is 2. The first-order chi connectivity index (χ1) is 8.47. The van der Waals surface area contributed by atoms with Crippen LogP contribution in [0.4, 0.5) is 0 Å². The molecular formula is C12H24N2O4. The lowest BCUT2D eigenvalue weighted by Crippen LogP contribution is -2.39. The molecule has 1 amide bonds. The number of amides is 1. The highest BCUT2D eigenvalue weighted by molar-refractivity contribution is 5.79. The largest absolute Gasteiger partial charge is 0.463 e.